The molecule has 0 atom stereocenters. The summed E-state index contributed by atoms with van der Waals surface area (Å²) in [5.74, 6) is 2.73. The van der Waals surface area contributed by atoms with E-state index in [0.29, 0.717) is 11.7 Å². The Bertz CT molecular complexity index is 797. The lowest BCUT2D eigenvalue weighted by Gasteiger charge is -2.17. The largest absolute Gasteiger partial charge is 0.497 e. The summed E-state index contributed by atoms with van der Waals surface area (Å²) in [5.41, 5.74) is 1.68. The molecule has 0 spiro atoms. The molecule has 0 fully saturated rings. The third-order valence-electron chi connectivity index (χ3n) is 4.01. The number of hydrogen-bond donors (Lipinski definition) is 0. The summed E-state index contributed by atoms with van der Waals surface area (Å²) in [6.07, 6.45) is 4.08. The number of methoxy groups -OCH3 is 1. The fourth-order valence-corrected chi connectivity index (χ4v) is 2.45. The van der Waals surface area contributed by atoms with Crippen molar-refractivity contribution in [1.29, 1.82) is 0 Å². The first-order valence-corrected chi connectivity index (χ1v) is 8.37. The summed E-state index contributed by atoms with van der Waals surface area (Å²) in [5, 5.41) is 4.05. The van der Waals surface area contributed by atoms with Crippen LogP contribution in [0.2, 0.25) is 0 Å². The second-order valence-corrected chi connectivity index (χ2v) is 5.83. The van der Waals surface area contributed by atoms with Crippen molar-refractivity contribution in [2.24, 2.45) is 0 Å². The van der Waals surface area contributed by atoms with Gasteiger partial charge in [0.1, 0.15) is 11.6 Å². The van der Waals surface area contributed by atoms with Crippen molar-refractivity contribution >= 4 is 5.82 Å². The van der Waals surface area contributed by atoms with Gasteiger partial charge in [-0.05, 0) is 42.8 Å². The van der Waals surface area contributed by atoms with E-state index in [-0.39, 0.29) is 0 Å². The lowest BCUT2D eigenvalue weighted by atomic mass is 10.2. The average molecular weight is 338 g/mol. The summed E-state index contributed by atoms with van der Waals surface area (Å²) in [6.45, 7) is 3.17. The molecule has 0 saturated heterocycles. The standard InChI is InChI=1S/C19H22N4O2/c1-4-5-12-23(2)17-11-8-15(13-20-17)19-21-18(22-25-19)14-6-9-16(24-3)10-7-14/h6-11,13H,4-5,12H2,1-3H3. The van der Waals surface area contributed by atoms with Gasteiger partial charge in [0, 0.05) is 25.4 Å². The SMILES string of the molecule is CCCCN(C)c1ccc(-c2nc(-c3ccc(OC)cc3)no2)cn1. The summed E-state index contributed by atoms with van der Waals surface area (Å²) in [4.78, 5) is 11.1. The van der Waals surface area contributed by atoms with Crippen LogP contribution >= 0.6 is 0 Å². The molecule has 3 aromatic rings. The minimum atomic E-state index is 0.459. The van der Waals surface area contributed by atoms with E-state index in [2.05, 4.69) is 26.9 Å². The maximum Gasteiger partial charge on any atom is 0.259 e. The second-order valence-electron chi connectivity index (χ2n) is 5.83. The van der Waals surface area contributed by atoms with Crippen molar-refractivity contribution in [1.82, 2.24) is 15.1 Å². The number of pyridine rings is 1. The van der Waals surface area contributed by atoms with Gasteiger partial charge >= 0.3 is 0 Å². The molecule has 3 rings (SSSR count). The molecule has 0 aliphatic rings. The van der Waals surface area contributed by atoms with Gasteiger partial charge in [0.05, 0.1) is 12.7 Å². The maximum atomic E-state index is 5.38. The van der Waals surface area contributed by atoms with Crippen LogP contribution in [0.5, 0.6) is 5.75 Å². The second kappa shape index (κ2) is 7.79. The van der Waals surface area contributed by atoms with Crippen molar-refractivity contribution < 1.29 is 9.26 Å². The normalized spacial score (nSPS) is 10.7. The molecule has 2 aromatic heterocycles. The Morgan fingerprint density at radius 2 is 1.84 bits per heavy atom. The summed E-state index contributed by atoms with van der Waals surface area (Å²) >= 11 is 0. The monoisotopic (exact) mass is 338 g/mol. The molecule has 130 valence electrons. The third kappa shape index (κ3) is 3.96. The van der Waals surface area contributed by atoms with E-state index >= 15 is 0 Å². The summed E-state index contributed by atoms with van der Waals surface area (Å²) in [7, 11) is 3.68. The van der Waals surface area contributed by atoms with Crippen LogP contribution in [0.15, 0.2) is 47.1 Å². The van der Waals surface area contributed by atoms with E-state index in [9.17, 15) is 0 Å². The lowest BCUT2D eigenvalue weighted by molar-refractivity contribution is 0.415. The fraction of sp³-hybridized carbons (Fsp3) is 0.316. The van der Waals surface area contributed by atoms with Gasteiger partial charge in [-0.3, -0.25) is 0 Å². The average Bonchev–Trinajstić information content (AvgIpc) is 3.16. The first-order chi connectivity index (χ1) is 12.2. The fourth-order valence-electron chi connectivity index (χ4n) is 2.45. The van der Waals surface area contributed by atoms with Crippen LogP contribution in [0, 0.1) is 0 Å². The number of benzene rings is 1. The Morgan fingerprint density at radius 1 is 1.08 bits per heavy atom. The van der Waals surface area contributed by atoms with E-state index in [0.717, 1.165) is 35.7 Å². The minimum Gasteiger partial charge on any atom is -0.497 e. The van der Waals surface area contributed by atoms with Crippen molar-refractivity contribution in [2.75, 3.05) is 25.6 Å². The predicted octanol–water partition coefficient (Wildman–Crippen LogP) is 4.04. The number of hydrogen-bond acceptors (Lipinski definition) is 6. The van der Waals surface area contributed by atoms with Crippen LogP contribution in [-0.4, -0.2) is 35.8 Å². The molecule has 0 saturated carbocycles. The highest BCUT2D eigenvalue weighted by Crippen LogP contribution is 2.24. The third-order valence-corrected chi connectivity index (χ3v) is 4.01. The highest BCUT2D eigenvalue weighted by atomic mass is 16.5. The topological polar surface area (TPSA) is 64.3 Å². The Hall–Kier alpha value is -2.89. The van der Waals surface area contributed by atoms with Gasteiger partial charge in [-0.25, -0.2) is 4.98 Å². The van der Waals surface area contributed by atoms with Crippen LogP contribution in [0.4, 0.5) is 5.82 Å². The molecule has 0 aliphatic carbocycles. The zero-order valence-corrected chi connectivity index (χ0v) is 14.8. The van der Waals surface area contributed by atoms with Crippen LogP contribution in [0.25, 0.3) is 22.8 Å². The van der Waals surface area contributed by atoms with Gasteiger partial charge in [-0.1, -0.05) is 18.5 Å². The van der Waals surface area contributed by atoms with Gasteiger partial charge in [-0.2, -0.15) is 4.98 Å². The molecule has 0 bridgehead atoms. The van der Waals surface area contributed by atoms with E-state index in [1.165, 1.54) is 6.42 Å². The highest BCUT2D eigenvalue weighted by molar-refractivity contribution is 5.60. The maximum absolute atomic E-state index is 5.38. The molecule has 0 radical (unpaired) electrons. The molecule has 1 aromatic carbocycles. The number of anilines is 1. The van der Waals surface area contributed by atoms with E-state index < -0.39 is 0 Å². The van der Waals surface area contributed by atoms with Crippen LogP contribution in [-0.2, 0) is 0 Å². The number of aromatic nitrogens is 3. The molecule has 0 amide bonds. The minimum absolute atomic E-state index is 0.459. The summed E-state index contributed by atoms with van der Waals surface area (Å²) in [6, 6.07) is 11.5. The Labute approximate surface area is 147 Å². The highest BCUT2D eigenvalue weighted by Gasteiger charge is 2.12. The number of unbranched alkanes of at least 4 members (excludes halogenated alkanes) is 1. The zero-order chi connectivity index (χ0) is 17.6. The van der Waals surface area contributed by atoms with Crippen molar-refractivity contribution in [3.05, 3.63) is 42.6 Å². The summed E-state index contributed by atoms with van der Waals surface area (Å²) < 4.78 is 10.5. The first-order valence-electron chi connectivity index (χ1n) is 8.37. The van der Waals surface area contributed by atoms with Crippen LogP contribution < -0.4 is 9.64 Å². The van der Waals surface area contributed by atoms with Crippen LogP contribution in [0.1, 0.15) is 19.8 Å². The smallest absolute Gasteiger partial charge is 0.259 e. The molecule has 0 aliphatic heterocycles. The zero-order valence-electron chi connectivity index (χ0n) is 14.8. The van der Waals surface area contributed by atoms with Gasteiger partial charge in [0.2, 0.25) is 5.82 Å². The van der Waals surface area contributed by atoms with Gasteiger partial charge in [-0.15, -0.1) is 0 Å². The van der Waals surface area contributed by atoms with Gasteiger partial charge < -0.3 is 14.2 Å². The molecule has 0 unspecified atom stereocenters. The number of ether oxygens (including phenoxy) is 1. The van der Waals surface area contributed by atoms with E-state index in [1.807, 2.05) is 43.4 Å². The molecular weight excluding hydrogens is 316 g/mol. The number of rotatable bonds is 7. The molecule has 6 nitrogen and oxygen atoms in total. The molecule has 2 heterocycles. The van der Waals surface area contributed by atoms with Crippen molar-refractivity contribution in [2.45, 2.75) is 19.8 Å². The number of nitrogens with zero attached hydrogens (tertiary/aromatic N) is 4. The van der Waals surface area contributed by atoms with E-state index in [1.54, 1.807) is 13.3 Å². The lowest BCUT2D eigenvalue weighted by Crippen LogP contribution is -2.19. The molecule has 25 heavy (non-hydrogen) atoms. The van der Waals surface area contributed by atoms with Crippen LogP contribution in [0.3, 0.4) is 0 Å². The predicted molar refractivity (Wildman–Crippen MR) is 97.7 cm³/mol. The Morgan fingerprint density at radius 3 is 2.48 bits per heavy atom. The van der Waals surface area contributed by atoms with Gasteiger partial charge in [0.25, 0.3) is 5.89 Å². The van der Waals surface area contributed by atoms with Crippen molar-refractivity contribution in [3.8, 4) is 28.6 Å². The Kier molecular flexibility index (Phi) is 5.28. The van der Waals surface area contributed by atoms with E-state index in [4.69, 9.17) is 9.26 Å². The van der Waals surface area contributed by atoms with Gasteiger partial charge in [0.15, 0.2) is 0 Å². The Balaban J connectivity index is 1.75. The molecular formula is C19H22N4O2. The molecule has 0 N–H and O–H groups in total. The quantitative estimate of drug-likeness (QED) is 0.648. The molecule has 6 heteroatoms. The van der Waals surface area contributed by atoms with Crippen molar-refractivity contribution in [3.63, 3.8) is 0 Å². The first kappa shape index (κ1) is 17.0.